The summed E-state index contributed by atoms with van der Waals surface area (Å²) in [7, 11) is 1.82. The van der Waals surface area contributed by atoms with Crippen molar-refractivity contribution in [3.8, 4) is 0 Å². The number of fused-ring (bicyclic) bond motifs is 1. The largest absolute Gasteiger partial charge is 0.324 e. The molecule has 0 saturated heterocycles. The Morgan fingerprint density at radius 2 is 2.25 bits per heavy atom. The number of hydrogen-bond donors (Lipinski definition) is 1. The van der Waals surface area contributed by atoms with Gasteiger partial charge in [0, 0.05) is 18.8 Å². The van der Waals surface area contributed by atoms with Crippen LogP contribution in [0.25, 0.3) is 0 Å². The SMILES string of the molecule is CCCC(N)c1ccc2c(c1)CC(=O)N2C. The Bertz CT molecular complexity index is 414. The number of carbonyl (C=O) groups is 1. The van der Waals surface area contributed by atoms with Gasteiger partial charge >= 0.3 is 0 Å². The second-order valence-corrected chi connectivity index (χ2v) is 4.41. The lowest BCUT2D eigenvalue weighted by Gasteiger charge is -2.14. The molecule has 0 radical (unpaired) electrons. The molecule has 1 aliphatic rings. The molecule has 0 spiro atoms. The van der Waals surface area contributed by atoms with Crippen LogP contribution in [0.3, 0.4) is 0 Å². The first-order valence-electron chi connectivity index (χ1n) is 5.78. The first-order chi connectivity index (χ1) is 7.63. The minimum atomic E-state index is 0.0938. The Balaban J connectivity index is 2.28. The van der Waals surface area contributed by atoms with E-state index in [9.17, 15) is 4.79 Å². The molecule has 86 valence electrons. The standard InChI is InChI=1S/C13H18N2O/c1-3-4-11(14)9-5-6-12-10(7-9)8-13(16)15(12)2/h5-7,11H,3-4,8,14H2,1-2H3. The lowest BCUT2D eigenvalue weighted by molar-refractivity contribution is -0.117. The van der Waals surface area contributed by atoms with Gasteiger partial charge in [-0.25, -0.2) is 0 Å². The van der Waals surface area contributed by atoms with E-state index >= 15 is 0 Å². The van der Waals surface area contributed by atoms with Gasteiger partial charge < -0.3 is 10.6 Å². The van der Waals surface area contributed by atoms with Crippen molar-refractivity contribution in [2.24, 2.45) is 5.73 Å². The fourth-order valence-corrected chi connectivity index (χ4v) is 2.20. The van der Waals surface area contributed by atoms with Gasteiger partial charge in [-0.2, -0.15) is 0 Å². The van der Waals surface area contributed by atoms with E-state index in [1.54, 1.807) is 4.90 Å². The third-order valence-electron chi connectivity index (χ3n) is 3.21. The number of nitrogens with two attached hydrogens (primary N) is 1. The summed E-state index contributed by atoms with van der Waals surface area (Å²) in [5.74, 6) is 0.163. The summed E-state index contributed by atoms with van der Waals surface area (Å²) in [4.78, 5) is 13.2. The number of hydrogen-bond acceptors (Lipinski definition) is 2. The van der Waals surface area contributed by atoms with Crippen molar-refractivity contribution in [2.45, 2.75) is 32.2 Å². The van der Waals surface area contributed by atoms with E-state index in [0.29, 0.717) is 6.42 Å². The molecule has 0 aliphatic carbocycles. The Kier molecular flexibility index (Phi) is 2.97. The highest BCUT2D eigenvalue weighted by molar-refractivity contribution is 6.00. The highest BCUT2D eigenvalue weighted by Crippen LogP contribution is 2.30. The number of rotatable bonds is 3. The number of anilines is 1. The Morgan fingerprint density at radius 3 is 2.94 bits per heavy atom. The fourth-order valence-electron chi connectivity index (χ4n) is 2.20. The lowest BCUT2D eigenvalue weighted by Crippen LogP contribution is -2.20. The zero-order valence-corrected chi connectivity index (χ0v) is 9.86. The molecule has 16 heavy (non-hydrogen) atoms. The summed E-state index contributed by atoms with van der Waals surface area (Å²) in [6.45, 7) is 2.13. The molecule has 1 amide bonds. The van der Waals surface area contributed by atoms with Crippen LogP contribution in [0.4, 0.5) is 5.69 Å². The van der Waals surface area contributed by atoms with E-state index in [1.165, 1.54) is 0 Å². The summed E-state index contributed by atoms with van der Waals surface area (Å²) in [5.41, 5.74) is 9.35. The maximum atomic E-state index is 11.5. The van der Waals surface area contributed by atoms with Crippen LogP contribution in [-0.4, -0.2) is 13.0 Å². The average molecular weight is 218 g/mol. The molecule has 1 atom stereocenters. The quantitative estimate of drug-likeness (QED) is 0.843. The summed E-state index contributed by atoms with van der Waals surface area (Å²) in [6, 6.07) is 6.22. The van der Waals surface area contributed by atoms with Crippen molar-refractivity contribution < 1.29 is 4.79 Å². The molecule has 1 aromatic rings. The third-order valence-corrected chi connectivity index (χ3v) is 3.21. The van der Waals surface area contributed by atoms with E-state index in [4.69, 9.17) is 5.73 Å². The zero-order valence-electron chi connectivity index (χ0n) is 9.86. The Labute approximate surface area is 96.2 Å². The molecule has 0 fully saturated rings. The number of carbonyl (C=O) groups excluding carboxylic acids is 1. The van der Waals surface area contributed by atoms with Crippen molar-refractivity contribution in [3.63, 3.8) is 0 Å². The molecular formula is C13H18N2O. The predicted molar refractivity (Wildman–Crippen MR) is 65.4 cm³/mol. The van der Waals surface area contributed by atoms with Crippen LogP contribution in [0.1, 0.15) is 36.9 Å². The highest BCUT2D eigenvalue weighted by atomic mass is 16.2. The fraction of sp³-hybridized carbons (Fsp3) is 0.462. The van der Waals surface area contributed by atoms with E-state index in [-0.39, 0.29) is 11.9 Å². The van der Waals surface area contributed by atoms with Crippen LogP contribution >= 0.6 is 0 Å². The summed E-state index contributed by atoms with van der Waals surface area (Å²) >= 11 is 0. The molecule has 3 heteroatoms. The van der Waals surface area contributed by atoms with Crippen LogP contribution < -0.4 is 10.6 Å². The van der Waals surface area contributed by atoms with Crippen LogP contribution in [-0.2, 0) is 11.2 Å². The number of nitrogens with zero attached hydrogens (tertiary/aromatic N) is 1. The maximum Gasteiger partial charge on any atom is 0.231 e. The Hall–Kier alpha value is -1.35. The first kappa shape index (κ1) is 11.1. The Morgan fingerprint density at radius 1 is 1.50 bits per heavy atom. The first-order valence-corrected chi connectivity index (χ1v) is 5.78. The predicted octanol–water partition coefficient (Wildman–Crippen LogP) is 2.01. The topological polar surface area (TPSA) is 46.3 Å². The summed E-state index contributed by atoms with van der Waals surface area (Å²) in [6.07, 6.45) is 2.58. The molecule has 2 N–H and O–H groups in total. The van der Waals surface area contributed by atoms with Crippen LogP contribution in [0.5, 0.6) is 0 Å². The monoisotopic (exact) mass is 218 g/mol. The van der Waals surface area contributed by atoms with Crippen molar-refractivity contribution in [1.29, 1.82) is 0 Å². The molecule has 1 unspecified atom stereocenters. The van der Waals surface area contributed by atoms with Gasteiger partial charge in [0.25, 0.3) is 0 Å². The average Bonchev–Trinajstić information content (AvgIpc) is 2.55. The molecule has 1 aliphatic heterocycles. The minimum Gasteiger partial charge on any atom is -0.324 e. The molecule has 1 aromatic carbocycles. The second kappa shape index (κ2) is 4.26. The van der Waals surface area contributed by atoms with Crippen molar-refractivity contribution in [3.05, 3.63) is 29.3 Å². The summed E-state index contributed by atoms with van der Waals surface area (Å²) < 4.78 is 0. The van der Waals surface area contributed by atoms with Gasteiger partial charge in [0.2, 0.25) is 5.91 Å². The molecule has 0 aromatic heterocycles. The number of amides is 1. The molecule has 1 heterocycles. The maximum absolute atomic E-state index is 11.5. The van der Waals surface area contributed by atoms with Gasteiger partial charge in [-0.05, 0) is 23.6 Å². The second-order valence-electron chi connectivity index (χ2n) is 4.41. The van der Waals surface area contributed by atoms with Gasteiger partial charge in [0.1, 0.15) is 0 Å². The van der Waals surface area contributed by atoms with E-state index in [0.717, 1.165) is 29.7 Å². The van der Waals surface area contributed by atoms with Crippen molar-refractivity contribution in [2.75, 3.05) is 11.9 Å². The van der Waals surface area contributed by atoms with Crippen molar-refractivity contribution >= 4 is 11.6 Å². The van der Waals surface area contributed by atoms with E-state index in [2.05, 4.69) is 13.0 Å². The normalized spacial score (nSPS) is 16.4. The van der Waals surface area contributed by atoms with Gasteiger partial charge in [0.05, 0.1) is 6.42 Å². The molecular weight excluding hydrogens is 200 g/mol. The molecule has 2 rings (SSSR count). The number of likely N-dealkylation sites (N-methyl/N-ethyl adjacent to an activating group) is 1. The van der Waals surface area contributed by atoms with Crippen molar-refractivity contribution in [1.82, 2.24) is 0 Å². The van der Waals surface area contributed by atoms with Crippen LogP contribution in [0.2, 0.25) is 0 Å². The van der Waals surface area contributed by atoms with Gasteiger partial charge in [-0.15, -0.1) is 0 Å². The highest BCUT2D eigenvalue weighted by Gasteiger charge is 2.24. The smallest absolute Gasteiger partial charge is 0.231 e. The van der Waals surface area contributed by atoms with E-state index < -0.39 is 0 Å². The van der Waals surface area contributed by atoms with Gasteiger partial charge in [0.15, 0.2) is 0 Å². The molecule has 0 saturated carbocycles. The lowest BCUT2D eigenvalue weighted by atomic mass is 10.00. The van der Waals surface area contributed by atoms with E-state index in [1.807, 2.05) is 19.2 Å². The van der Waals surface area contributed by atoms with Gasteiger partial charge in [-0.1, -0.05) is 25.5 Å². The van der Waals surface area contributed by atoms with Crippen LogP contribution in [0.15, 0.2) is 18.2 Å². The molecule has 0 bridgehead atoms. The molecule has 3 nitrogen and oxygen atoms in total. The van der Waals surface area contributed by atoms with Crippen LogP contribution in [0, 0.1) is 0 Å². The third kappa shape index (κ3) is 1.83. The number of benzene rings is 1. The minimum absolute atomic E-state index is 0.0938. The zero-order chi connectivity index (χ0) is 11.7. The summed E-state index contributed by atoms with van der Waals surface area (Å²) in [5, 5.41) is 0. The van der Waals surface area contributed by atoms with Gasteiger partial charge in [-0.3, -0.25) is 4.79 Å².